The van der Waals surface area contributed by atoms with Crippen molar-refractivity contribution in [1.82, 2.24) is 0 Å². The van der Waals surface area contributed by atoms with Gasteiger partial charge in [0.25, 0.3) is 0 Å². The third kappa shape index (κ3) is 5.01. The molecule has 3 aromatic carbocycles. The summed E-state index contributed by atoms with van der Waals surface area (Å²) in [6, 6.07) is 32.7. The third-order valence-corrected chi connectivity index (χ3v) is 10.9. The first-order valence-corrected chi connectivity index (χ1v) is 11.8. The molecular weight excluding hydrogens is 495 g/mol. The van der Waals surface area contributed by atoms with Gasteiger partial charge in [-0.25, -0.2) is 0 Å². The van der Waals surface area contributed by atoms with Gasteiger partial charge in [0.05, 0.1) is 0 Å². The summed E-state index contributed by atoms with van der Waals surface area (Å²) in [6.45, 7) is 0. The summed E-state index contributed by atoms with van der Waals surface area (Å²) in [5.74, 6) is 0. The first-order valence-electron chi connectivity index (χ1n) is 7.13. The molecule has 0 aliphatic carbocycles. The molecule has 0 aromatic heterocycles. The van der Waals surface area contributed by atoms with Crippen LogP contribution < -0.4 is 7.22 Å². The van der Waals surface area contributed by atoms with Gasteiger partial charge in [-0.3, -0.25) is 0 Å². The van der Waals surface area contributed by atoms with E-state index in [9.17, 15) is 0 Å². The van der Waals surface area contributed by atoms with Crippen molar-refractivity contribution in [1.29, 1.82) is 0 Å². The van der Waals surface area contributed by atoms with E-state index in [2.05, 4.69) is 97.1 Å². The van der Waals surface area contributed by atoms with Gasteiger partial charge in [0, 0.05) is 0 Å². The second kappa shape index (κ2) is 8.57. The number of rotatable bonds is 5. The fourth-order valence-electron chi connectivity index (χ4n) is 1.97. The molecule has 3 rings (SSSR count). The van der Waals surface area contributed by atoms with Crippen LogP contribution in [0.4, 0.5) is 0 Å². The molecule has 0 bridgehead atoms. The maximum absolute atomic E-state index is 2.44. The molecule has 3 aromatic rings. The molecule has 0 N–H and O–H groups in total. The second-order valence-corrected chi connectivity index (χ2v) is 13.6. The van der Waals surface area contributed by atoms with Crippen LogP contribution in [-0.2, 0) is 0 Å². The van der Waals surface area contributed by atoms with Crippen LogP contribution in [0, 0.1) is 0 Å². The maximum atomic E-state index is 2.44. The molecular formula is C20H16Te2. The Hall–Kier alpha value is -1.02. The van der Waals surface area contributed by atoms with E-state index >= 15 is 0 Å². The third-order valence-electron chi connectivity index (χ3n) is 3.01. The Labute approximate surface area is 152 Å². The van der Waals surface area contributed by atoms with E-state index in [1.807, 2.05) is 0 Å². The Kier molecular flexibility index (Phi) is 6.18. The van der Waals surface area contributed by atoms with Gasteiger partial charge in [-0.05, 0) is 0 Å². The minimum atomic E-state index is -0.276. The van der Waals surface area contributed by atoms with Gasteiger partial charge < -0.3 is 0 Å². The van der Waals surface area contributed by atoms with Gasteiger partial charge in [0.2, 0.25) is 0 Å². The zero-order chi connectivity index (χ0) is 15.0. The van der Waals surface area contributed by atoms with Crippen LogP contribution in [0.3, 0.4) is 0 Å². The standard InChI is InChI=1S/C20H16Te2/c1-4-10-17(11-5-1)16-20(21-18-12-6-2-7-13-18)22-19-14-8-3-9-15-19/h1-16H. The van der Waals surface area contributed by atoms with E-state index in [0.29, 0.717) is 0 Å². The van der Waals surface area contributed by atoms with E-state index in [1.165, 1.54) is 12.8 Å². The molecule has 0 heterocycles. The van der Waals surface area contributed by atoms with Crippen molar-refractivity contribution in [3.05, 3.63) is 98.2 Å². The fourth-order valence-corrected chi connectivity index (χ4v) is 10.7. The summed E-state index contributed by atoms with van der Waals surface area (Å²) >= 11 is -0.551. The minimum absolute atomic E-state index is 0.276. The van der Waals surface area contributed by atoms with Crippen LogP contribution in [0.1, 0.15) is 5.56 Å². The number of hydrogen-bond donors (Lipinski definition) is 0. The van der Waals surface area contributed by atoms with Crippen LogP contribution in [0.5, 0.6) is 0 Å². The predicted octanol–water partition coefficient (Wildman–Crippen LogP) is 3.04. The molecule has 0 nitrogen and oxygen atoms in total. The predicted molar refractivity (Wildman–Crippen MR) is 98.1 cm³/mol. The summed E-state index contributed by atoms with van der Waals surface area (Å²) in [6.07, 6.45) is 2.44. The SMILES string of the molecule is C(=C([Te]c1ccccc1)[Te]c1ccccc1)c1ccccc1. The zero-order valence-corrected chi connectivity index (χ0v) is 16.7. The summed E-state index contributed by atoms with van der Waals surface area (Å²) in [5, 5.41) is 0. The second-order valence-electron chi connectivity index (χ2n) is 4.70. The van der Waals surface area contributed by atoms with Crippen molar-refractivity contribution in [2.45, 2.75) is 0 Å². The van der Waals surface area contributed by atoms with Crippen molar-refractivity contribution < 1.29 is 0 Å². The normalized spacial score (nSPS) is 10.2. The summed E-state index contributed by atoms with van der Waals surface area (Å²) in [4.78, 5) is 0. The van der Waals surface area contributed by atoms with Gasteiger partial charge >= 0.3 is 153 Å². The van der Waals surface area contributed by atoms with E-state index in [1.54, 1.807) is 1.67 Å². The number of benzene rings is 3. The molecule has 0 radical (unpaired) electrons. The van der Waals surface area contributed by atoms with E-state index in [-0.39, 0.29) is 41.8 Å². The van der Waals surface area contributed by atoms with Crippen LogP contribution in [-0.4, -0.2) is 41.8 Å². The molecule has 22 heavy (non-hydrogen) atoms. The molecule has 0 aliphatic heterocycles. The van der Waals surface area contributed by atoms with Crippen LogP contribution in [0.15, 0.2) is 92.7 Å². The zero-order valence-electron chi connectivity index (χ0n) is 12.1. The van der Waals surface area contributed by atoms with Gasteiger partial charge in [0.15, 0.2) is 0 Å². The van der Waals surface area contributed by atoms with Gasteiger partial charge in [-0.1, -0.05) is 0 Å². The van der Waals surface area contributed by atoms with Crippen molar-refractivity contribution >= 4 is 55.1 Å². The average molecular weight is 512 g/mol. The van der Waals surface area contributed by atoms with Crippen LogP contribution >= 0.6 is 0 Å². The topological polar surface area (TPSA) is 0 Å². The van der Waals surface area contributed by atoms with Gasteiger partial charge in [-0.15, -0.1) is 0 Å². The molecule has 0 amide bonds. The molecule has 0 unspecified atom stereocenters. The first kappa shape index (κ1) is 15.9. The fraction of sp³-hybridized carbons (Fsp3) is 0. The Bertz CT molecular complexity index is 676. The van der Waals surface area contributed by atoms with Crippen LogP contribution in [0.2, 0.25) is 0 Å². The molecule has 0 aliphatic rings. The molecule has 108 valence electrons. The Balaban J connectivity index is 1.86. The van der Waals surface area contributed by atoms with Crippen LogP contribution in [0.25, 0.3) is 6.08 Å². The number of hydrogen-bond acceptors (Lipinski definition) is 0. The van der Waals surface area contributed by atoms with E-state index in [4.69, 9.17) is 0 Å². The monoisotopic (exact) mass is 516 g/mol. The Morgan fingerprint density at radius 1 is 0.545 bits per heavy atom. The molecule has 2 heteroatoms. The van der Waals surface area contributed by atoms with Crippen molar-refractivity contribution in [2.75, 3.05) is 0 Å². The Morgan fingerprint density at radius 2 is 0.955 bits per heavy atom. The Morgan fingerprint density at radius 3 is 1.41 bits per heavy atom. The van der Waals surface area contributed by atoms with Crippen molar-refractivity contribution in [3.8, 4) is 0 Å². The van der Waals surface area contributed by atoms with E-state index in [0.717, 1.165) is 0 Å². The molecule has 0 saturated carbocycles. The first-order chi connectivity index (χ1) is 10.9. The molecule has 0 fully saturated rings. The average Bonchev–Trinajstić information content (AvgIpc) is 2.57. The summed E-state index contributed by atoms with van der Waals surface area (Å²) < 4.78 is 4.74. The molecule has 0 atom stereocenters. The summed E-state index contributed by atoms with van der Waals surface area (Å²) in [7, 11) is 0. The molecule has 0 spiro atoms. The van der Waals surface area contributed by atoms with Gasteiger partial charge in [0.1, 0.15) is 0 Å². The van der Waals surface area contributed by atoms with Gasteiger partial charge in [-0.2, -0.15) is 0 Å². The van der Waals surface area contributed by atoms with Crippen molar-refractivity contribution in [2.24, 2.45) is 0 Å². The van der Waals surface area contributed by atoms with Crippen molar-refractivity contribution in [3.63, 3.8) is 0 Å². The quantitative estimate of drug-likeness (QED) is 0.462. The van der Waals surface area contributed by atoms with E-state index < -0.39 is 0 Å². The molecule has 0 saturated heterocycles. The summed E-state index contributed by atoms with van der Waals surface area (Å²) in [5.41, 5.74) is 1.33.